The molecule has 1 aliphatic heterocycles. The number of hydrogen-bond donors (Lipinski definition) is 0. The average molecular weight is 237 g/mol. The Morgan fingerprint density at radius 3 is 2.29 bits per heavy atom. The quantitative estimate of drug-likeness (QED) is 0.747. The smallest absolute Gasteiger partial charge is 0.242 e. The normalized spacial score (nSPS) is 19.8. The zero-order valence-corrected chi connectivity index (χ0v) is 11.4. The molecule has 96 valence electrons. The Morgan fingerprint density at radius 1 is 1.35 bits per heavy atom. The van der Waals surface area contributed by atoms with Crippen LogP contribution in [0.2, 0.25) is 0 Å². The lowest BCUT2D eigenvalue weighted by Gasteiger charge is -2.39. The summed E-state index contributed by atoms with van der Waals surface area (Å²) in [6, 6.07) is 2.66. The number of nitriles is 1. The number of rotatable bonds is 3. The maximum Gasteiger partial charge on any atom is 0.242 e. The summed E-state index contributed by atoms with van der Waals surface area (Å²) in [5.41, 5.74) is -0.890. The molecule has 0 aromatic carbocycles. The fraction of sp³-hybridized carbons (Fsp3) is 0.846. The molecule has 0 aromatic rings. The van der Waals surface area contributed by atoms with Crippen molar-refractivity contribution in [1.82, 2.24) is 9.80 Å². The van der Waals surface area contributed by atoms with Crippen molar-refractivity contribution in [3.05, 3.63) is 0 Å². The molecule has 1 aliphatic rings. The van der Waals surface area contributed by atoms with Crippen LogP contribution < -0.4 is 0 Å². The van der Waals surface area contributed by atoms with E-state index in [1.54, 1.807) is 13.8 Å². The zero-order valence-electron chi connectivity index (χ0n) is 11.4. The molecule has 1 fully saturated rings. The van der Waals surface area contributed by atoms with Crippen LogP contribution in [-0.2, 0) is 4.79 Å². The van der Waals surface area contributed by atoms with E-state index in [0.717, 1.165) is 32.6 Å². The molecule has 0 bridgehead atoms. The van der Waals surface area contributed by atoms with Gasteiger partial charge in [-0.2, -0.15) is 5.26 Å². The van der Waals surface area contributed by atoms with Crippen molar-refractivity contribution in [3.8, 4) is 6.07 Å². The van der Waals surface area contributed by atoms with Crippen molar-refractivity contribution in [2.75, 3.05) is 26.2 Å². The molecule has 4 nitrogen and oxygen atoms in total. The molecule has 4 heteroatoms. The third kappa shape index (κ3) is 3.19. The van der Waals surface area contributed by atoms with Gasteiger partial charge in [-0.1, -0.05) is 6.92 Å². The van der Waals surface area contributed by atoms with Crippen LogP contribution in [0.15, 0.2) is 0 Å². The van der Waals surface area contributed by atoms with Gasteiger partial charge in [-0.3, -0.25) is 9.69 Å². The molecule has 1 unspecified atom stereocenters. The van der Waals surface area contributed by atoms with Crippen LogP contribution in [0, 0.1) is 16.7 Å². The molecular weight excluding hydrogens is 214 g/mol. The van der Waals surface area contributed by atoms with Crippen LogP contribution >= 0.6 is 0 Å². The Hall–Kier alpha value is -1.08. The molecule has 0 saturated carbocycles. The van der Waals surface area contributed by atoms with Gasteiger partial charge in [0.1, 0.15) is 5.41 Å². The fourth-order valence-corrected chi connectivity index (χ4v) is 2.07. The van der Waals surface area contributed by atoms with E-state index >= 15 is 0 Å². The summed E-state index contributed by atoms with van der Waals surface area (Å²) in [6.45, 7) is 11.1. The average Bonchev–Trinajstić information content (AvgIpc) is 2.37. The highest BCUT2D eigenvalue weighted by Gasteiger charge is 2.34. The second kappa shape index (κ2) is 5.50. The van der Waals surface area contributed by atoms with Crippen LogP contribution in [0.5, 0.6) is 0 Å². The van der Waals surface area contributed by atoms with Crippen LogP contribution in [0.25, 0.3) is 0 Å². The lowest BCUT2D eigenvalue weighted by atomic mass is 9.93. The molecular formula is C13H23N3O. The summed E-state index contributed by atoms with van der Waals surface area (Å²) in [5, 5.41) is 8.97. The molecule has 0 spiro atoms. The van der Waals surface area contributed by atoms with E-state index in [0.29, 0.717) is 6.04 Å². The minimum atomic E-state index is -0.890. The van der Waals surface area contributed by atoms with Gasteiger partial charge in [0.05, 0.1) is 6.07 Å². The first kappa shape index (κ1) is 14.0. The maximum atomic E-state index is 12.1. The molecule has 0 radical (unpaired) electrons. The molecule has 1 rings (SSSR count). The Morgan fingerprint density at radius 2 is 1.88 bits per heavy atom. The van der Waals surface area contributed by atoms with Gasteiger partial charge in [0, 0.05) is 32.2 Å². The Balaban J connectivity index is 2.53. The zero-order chi connectivity index (χ0) is 13.1. The highest BCUT2D eigenvalue weighted by molar-refractivity contribution is 5.84. The third-order valence-corrected chi connectivity index (χ3v) is 3.63. The van der Waals surface area contributed by atoms with E-state index in [1.807, 2.05) is 4.90 Å². The molecule has 0 N–H and O–H groups in total. The molecule has 1 saturated heterocycles. The van der Waals surface area contributed by atoms with Crippen molar-refractivity contribution in [2.24, 2.45) is 5.41 Å². The molecule has 1 amide bonds. The second-order valence-electron chi connectivity index (χ2n) is 5.32. The van der Waals surface area contributed by atoms with Crippen molar-refractivity contribution in [1.29, 1.82) is 5.26 Å². The van der Waals surface area contributed by atoms with Crippen molar-refractivity contribution in [3.63, 3.8) is 0 Å². The summed E-state index contributed by atoms with van der Waals surface area (Å²) in [6.07, 6.45) is 1.14. The van der Waals surface area contributed by atoms with Crippen molar-refractivity contribution >= 4 is 5.91 Å². The Bertz CT molecular complexity index is 311. The largest absolute Gasteiger partial charge is 0.339 e. The third-order valence-electron chi connectivity index (χ3n) is 3.63. The van der Waals surface area contributed by atoms with Gasteiger partial charge in [-0.05, 0) is 27.2 Å². The van der Waals surface area contributed by atoms with Gasteiger partial charge in [0.2, 0.25) is 5.91 Å². The lowest BCUT2D eigenvalue weighted by Crippen LogP contribution is -2.53. The van der Waals surface area contributed by atoms with E-state index in [-0.39, 0.29) is 5.91 Å². The standard InChI is InChI=1S/C13H23N3O/c1-5-11(2)15-6-8-16(9-7-15)12(17)13(3,4)10-14/h11H,5-9H2,1-4H3. The summed E-state index contributed by atoms with van der Waals surface area (Å²) in [4.78, 5) is 16.3. The van der Waals surface area contributed by atoms with Crippen molar-refractivity contribution in [2.45, 2.75) is 40.2 Å². The first-order valence-corrected chi connectivity index (χ1v) is 6.37. The first-order valence-electron chi connectivity index (χ1n) is 6.37. The highest BCUT2D eigenvalue weighted by Crippen LogP contribution is 2.19. The monoisotopic (exact) mass is 237 g/mol. The Labute approximate surface area is 104 Å². The molecule has 1 heterocycles. The molecule has 0 aliphatic carbocycles. The molecule has 1 atom stereocenters. The topological polar surface area (TPSA) is 47.3 Å². The van der Waals surface area contributed by atoms with E-state index in [2.05, 4.69) is 24.8 Å². The van der Waals surface area contributed by atoms with Crippen LogP contribution in [0.3, 0.4) is 0 Å². The van der Waals surface area contributed by atoms with E-state index < -0.39 is 5.41 Å². The SMILES string of the molecule is CCC(C)N1CCN(C(=O)C(C)(C)C#N)CC1. The van der Waals surface area contributed by atoms with Crippen LogP contribution in [-0.4, -0.2) is 47.9 Å². The highest BCUT2D eigenvalue weighted by atomic mass is 16.2. The number of amides is 1. The first-order chi connectivity index (χ1) is 7.92. The van der Waals surface area contributed by atoms with Crippen LogP contribution in [0.4, 0.5) is 0 Å². The number of carbonyl (C=O) groups is 1. The van der Waals surface area contributed by atoms with Gasteiger partial charge in [0.25, 0.3) is 0 Å². The second-order valence-corrected chi connectivity index (χ2v) is 5.32. The maximum absolute atomic E-state index is 12.1. The van der Waals surface area contributed by atoms with E-state index in [1.165, 1.54) is 0 Å². The molecule has 17 heavy (non-hydrogen) atoms. The minimum absolute atomic E-state index is 0.0381. The van der Waals surface area contributed by atoms with Gasteiger partial charge in [-0.15, -0.1) is 0 Å². The summed E-state index contributed by atoms with van der Waals surface area (Å²) in [7, 11) is 0. The summed E-state index contributed by atoms with van der Waals surface area (Å²) < 4.78 is 0. The number of carbonyl (C=O) groups excluding carboxylic acids is 1. The fourth-order valence-electron chi connectivity index (χ4n) is 2.07. The summed E-state index contributed by atoms with van der Waals surface area (Å²) >= 11 is 0. The predicted molar refractivity (Wildman–Crippen MR) is 67.3 cm³/mol. The van der Waals surface area contributed by atoms with E-state index in [4.69, 9.17) is 5.26 Å². The van der Waals surface area contributed by atoms with Gasteiger partial charge in [-0.25, -0.2) is 0 Å². The predicted octanol–water partition coefficient (Wildman–Crippen LogP) is 1.48. The van der Waals surface area contributed by atoms with Crippen molar-refractivity contribution < 1.29 is 4.79 Å². The number of piperazine rings is 1. The van der Waals surface area contributed by atoms with Gasteiger partial charge >= 0.3 is 0 Å². The Kier molecular flexibility index (Phi) is 4.53. The minimum Gasteiger partial charge on any atom is -0.339 e. The number of hydrogen-bond acceptors (Lipinski definition) is 3. The van der Waals surface area contributed by atoms with Gasteiger partial charge < -0.3 is 4.90 Å². The molecule has 0 aromatic heterocycles. The summed E-state index contributed by atoms with van der Waals surface area (Å²) in [5.74, 6) is -0.0381. The lowest BCUT2D eigenvalue weighted by molar-refractivity contribution is -0.139. The van der Waals surface area contributed by atoms with Crippen LogP contribution in [0.1, 0.15) is 34.1 Å². The van der Waals surface area contributed by atoms with E-state index in [9.17, 15) is 4.79 Å². The van der Waals surface area contributed by atoms with Gasteiger partial charge in [0.15, 0.2) is 0 Å². The number of nitrogens with zero attached hydrogens (tertiary/aromatic N) is 3.